The number of thiazole rings is 1. The van der Waals surface area contributed by atoms with Gasteiger partial charge in [0.25, 0.3) is 5.91 Å². The minimum atomic E-state index is -0.0946. The summed E-state index contributed by atoms with van der Waals surface area (Å²) in [6, 6.07) is 15.7. The molecule has 1 fully saturated rings. The minimum absolute atomic E-state index is 0.0478. The Labute approximate surface area is 210 Å². The first-order valence-electron chi connectivity index (χ1n) is 11.7. The topological polar surface area (TPSA) is 62.3 Å². The van der Waals surface area contributed by atoms with Crippen molar-refractivity contribution in [3.63, 3.8) is 0 Å². The predicted molar refractivity (Wildman–Crippen MR) is 138 cm³/mol. The van der Waals surface area contributed by atoms with Crippen molar-refractivity contribution in [3.8, 4) is 10.6 Å². The van der Waals surface area contributed by atoms with Gasteiger partial charge in [-0.15, -0.1) is 11.3 Å². The van der Waals surface area contributed by atoms with Crippen molar-refractivity contribution >= 4 is 34.8 Å². The molecule has 1 atom stereocenters. The van der Waals surface area contributed by atoms with Gasteiger partial charge in [0.15, 0.2) is 0 Å². The maximum atomic E-state index is 13.2. The van der Waals surface area contributed by atoms with Crippen molar-refractivity contribution in [3.05, 3.63) is 75.3 Å². The SMILES string of the molecule is Cc1ccc(-c2nc(C)c(C(=O)N3CCC([C@H](C)C(=O)NCc4ccc(Cl)cc4)CC3)s2)cc1. The molecule has 2 heterocycles. The third-order valence-corrected chi connectivity index (χ3v) is 8.06. The van der Waals surface area contributed by atoms with Crippen LogP contribution in [0, 0.1) is 25.7 Å². The largest absolute Gasteiger partial charge is 0.352 e. The van der Waals surface area contributed by atoms with Gasteiger partial charge in [-0.2, -0.15) is 0 Å². The summed E-state index contributed by atoms with van der Waals surface area (Å²) < 4.78 is 0. The standard InChI is InChI=1S/C27H30ClN3O2S/c1-17-4-8-22(9-5-17)26-30-19(3)24(34-26)27(33)31-14-12-21(13-15-31)18(2)25(32)29-16-20-6-10-23(28)11-7-20/h4-11,18,21H,12-16H2,1-3H3,(H,29,32)/t18-/m0/s1. The molecule has 7 heteroatoms. The Morgan fingerprint density at radius 2 is 1.74 bits per heavy atom. The number of aryl methyl sites for hydroxylation is 2. The molecule has 1 saturated heterocycles. The van der Waals surface area contributed by atoms with Crippen LogP contribution in [0.5, 0.6) is 0 Å². The maximum Gasteiger partial charge on any atom is 0.265 e. The van der Waals surface area contributed by atoms with Crippen LogP contribution in [0.1, 0.15) is 46.3 Å². The van der Waals surface area contributed by atoms with Gasteiger partial charge >= 0.3 is 0 Å². The second-order valence-electron chi connectivity index (χ2n) is 9.06. The number of hydrogen-bond acceptors (Lipinski definition) is 4. The van der Waals surface area contributed by atoms with E-state index in [1.54, 1.807) is 0 Å². The van der Waals surface area contributed by atoms with Gasteiger partial charge in [0, 0.05) is 36.1 Å². The summed E-state index contributed by atoms with van der Waals surface area (Å²) in [7, 11) is 0. The second-order valence-corrected chi connectivity index (χ2v) is 10.5. The van der Waals surface area contributed by atoms with E-state index in [1.807, 2.05) is 55.1 Å². The molecule has 34 heavy (non-hydrogen) atoms. The molecule has 1 N–H and O–H groups in total. The first kappa shape index (κ1) is 24.4. The van der Waals surface area contributed by atoms with Gasteiger partial charge in [-0.25, -0.2) is 4.98 Å². The van der Waals surface area contributed by atoms with E-state index in [2.05, 4.69) is 29.4 Å². The van der Waals surface area contributed by atoms with E-state index in [-0.39, 0.29) is 23.7 Å². The predicted octanol–water partition coefficient (Wildman–Crippen LogP) is 5.89. The summed E-state index contributed by atoms with van der Waals surface area (Å²) in [5, 5.41) is 4.60. The normalized spacial score (nSPS) is 15.2. The average molecular weight is 496 g/mol. The van der Waals surface area contributed by atoms with Crippen LogP contribution in [-0.4, -0.2) is 34.8 Å². The van der Waals surface area contributed by atoms with Crippen LogP contribution in [0.4, 0.5) is 0 Å². The molecule has 1 aliphatic rings. The zero-order valence-corrected chi connectivity index (χ0v) is 21.4. The molecule has 4 rings (SSSR count). The first-order valence-corrected chi connectivity index (χ1v) is 12.9. The molecule has 2 aromatic carbocycles. The smallest absolute Gasteiger partial charge is 0.265 e. The fraction of sp³-hybridized carbons (Fsp3) is 0.370. The van der Waals surface area contributed by atoms with E-state index in [9.17, 15) is 9.59 Å². The highest BCUT2D eigenvalue weighted by molar-refractivity contribution is 7.17. The van der Waals surface area contributed by atoms with Crippen LogP contribution in [0.15, 0.2) is 48.5 Å². The lowest BCUT2D eigenvalue weighted by molar-refractivity contribution is -0.126. The second kappa shape index (κ2) is 10.7. The van der Waals surface area contributed by atoms with E-state index >= 15 is 0 Å². The summed E-state index contributed by atoms with van der Waals surface area (Å²) >= 11 is 7.39. The summed E-state index contributed by atoms with van der Waals surface area (Å²) in [6.07, 6.45) is 1.65. The highest BCUT2D eigenvalue weighted by Gasteiger charge is 2.31. The number of amides is 2. The molecule has 0 spiro atoms. The lowest BCUT2D eigenvalue weighted by atomic mass is 9.84. The molecule has 3 aromatic rings. The molecule has 0 aliphatic carbocycles. The molecule has 0 unspecified atom stereocenters. The van der Waals surface area contributed by atoms with E-state index < -0.39 is 0 Å². The number of piperidine rings is 1. The lowest BCUT2D eigenvalue weighted by Crippen LogP contribution is -2.42. The van der Waals surface area contributed by atoms with E-state index in [0.29, 0.717) is 29.5 Å². The molecule has 1 aliphatic heterocycles. The van der Waals surface area contributed by atoms with Gasteiger partial charge in [-0.3, -0.25) is 9.59 Å². The molecular formula is C27H30ClN3O2S. The number of rotatable bonds is 6. The molecule has 0 bridgehead atoms. The Hall–Kier alpha value is -2.70. The van der Waals surface area contributed by atoms with Crippen molar-refractivity contribution in [1.82, 2.24) is 15.2 Å². The van der Waals surface area contributed by atoms with Crippen LogP contribution in [0.2, 0.25) is 5.02 Å². The van der Waals surface area contributed by atoms with Gasteiger partial charge in [-0.05, 0) is 50.3 Å². The van der Waals surface area contributed by atoms with Gasteiger partial charge in [0.2, 0.25) is 5.91 Å². The van der Waals surface area contributed by atoms with Crippen LogP contribution >= 0.6 is 22.9 Å². The van der Waals surface area contributed by atoms with Crippen LogP contribution in [0.25, 0.3) is 10.6 Å². The van der Waals surface area contributed by atoms with Crippen LogP contribution < -0.4 is 5.32 Å². The van der Waals surface area contributed by atoms with Crippen molar-refractivity contribution in [1.29, 1.82) is 0 Å². The van der Waals surface area contributed by atoms with Crippen molar-refractivity contribution in [2.45, 2.75) is 40.2 Å². The minimum Gasteiger partial charge on any atom is -0.352 e. The molecule has 1 aromatic heterocycles. The van der Waals surface area contributed by atoms with Crippen molar-refractivity contribution in [2.75, 3.05) is 13.1 Å². The first-order chi connectivity index (χ1) is 16.3. The number of nitrogens with zero attached hydrogens (tertiary/aromatic N) is 2. The quantitative estimate of drug-likeness (QED) is 0.464. The number of aromatic nitrogens is 1. The fourth-order valence-corrected chi connectivity index (χ4v) is 5.49. The molecule has 178 valence electrons. The molecular weight excluding hydrogens is 466 g/mol. The van der Waals surface area contributed by atoms with E-state index in [0.717, 1.165) is 34.7 Å². The highest BCUT2D eigenvalue weighted by Crippen LogP contribution is 2.31. The Morgan fingerprint density at radius 1 is 1.09 bits per heavy atom. The highest BCUT2D eigenvalue weighted by atomic mass is 35.5. The Kier molecular flexibility index (Phi) is 7.69. The van der Waals surface area contributed by atoms with E-state index in [1.165, 1.54) is 16.9 Å². The monoisotopic (exact) mass is 495 g/mol. The van der Waals surface area contributed by atoms with Crippen LogP contribution in [-0.2, 0) is 11.3 Å². The Morgan fingerprint density at radius 3 is 2.38 bits per heavy atom. The Bertz CT molecular complexity index is 1150. The number of nitrogens with one attached hydrogen (secondary N) is 1. The summed E-state index contributed by atoms with van der Waals surface area (Å²) in [4.78, 5) is 33.2. The summed E-state index contributed by atoms with van der Waals surface area (Å²) in [6.45, 7) is 7.76. The van der Waals surface area contributed by atoms with Gasteiger partial charge < -0.3 is 10.2 Å². The van der Waals surface area contributed by atoms with Crippen LogP contribution in [0.3, 0.4) is 0 Å². The number of hydrogen-bond donors (Lipinski definition) is 1. The van der Waals surface area contributed by atoms with Gasteiger partial charge in [0.05, 0.1) is 5.69 Å². The average Bonchev–Trinajstić information content (AvgIpc) is 3.24. The molecule has 2 amide bonds. The maximum absolute atomic E-state index is 13.2. The molecule has 0 saturated carbocycles. The number of carbonyl (C=O) groups excluding carboxylic acids is 2. The number of halogens is 1. The molecule has 0 radical (unpaired) electrons. The lowest BCUT2D eigenvalue weighted by Gasteiger charge is -2.34. The zero-order valence-electron chi connectivity index (χ0n) is 19.8. The van der Waals surface area contributed by atoms with E-state index in [4.69, 9.17) is 11.6 Å². The van der Waals surface area contributed by atoms with Crippen molar-refractivity contribution < 1.29 is 9.59 Å². The summed E-state index contributed by atoms with van der Waals surface area (Å²) in [5.74, 6) is 0.273. The summed E-state index contributed by atoms with van der Waals surface area (Å²) in [5.41, 5.74) is 4.04. The third-order valence-electron chi connectivity index (χ3n) is 6.62. The Balaban J connectivity index is 1.31. The fourth-order valence-electron chi connectivity index (χ4n) is 4.33. The molecule has 5 nitrogen and oxygen atoms in total. The van der Waals surface area contributed by atoms with Gasteiger partial charge in [-0.1, -0.05) is 60.5 Å². The number of likely N-dealkylation sites (tertiary alicyclic amines) is 1. The number of carbonyl (C=O) groups is 2. The van der Waals surface area contributed by atoms with Crippen molar-refractivity contribution in [2.24, 2.45) is 11.8 Å². The zero-order chi connectivity index (χ0) is 24.2. The third kappa shape index (κ3) is 5.68. The van der Waals surface area contributed by atoms with Gasteiger partial charge in [0.1, 0.15) is 9.88 Å². The number of benzene rings is 2.